The number of ether oxygens (including phenoxy) is 1. The molecule has 1 fully saturated rings. The van der Waals surface area contributed by atoms with Crippen molar-refractivity contribution in [1.82, 2.24) is 9.80 Å². The Bertz CT molecular complexity index is 1040. The highest BCUT2D eigenvalue weighted by molar-refractivity contribution is 6.46. The number of benzene rings is 2. The highest BCUT2D eigenvalue weighted by Gasteiger charge is 2.46. The topological polar surface area (TPSA) is 90.3 Å². The first-order chi connectivity index (χ1) is 15.3. The van der Waals surface area contributed by atoms with Crippen molar-refractivity contribution in [3.05, 3.63) is 64.7 Å². The zero-order valence-electron chi connectivity index (χ0n) is 19.0. The third kappa shape index (κ3) is 4.48. The summed E-state index contributed by atoms with van der Waals surface area (Å²) in [6.45, 7) is 8.47. The quantitative estimate of drug-likeness (QED) is 0.373. The highest BCUT2D eigenvalue weighted by atomic mass is 16.5. The summed E-state index contributed by atoms with van der Waals surface area (Å²) in [4.78, 5) is 29.8. The van der Waals surface area contributed by atoms with Crippen molar-refractivity contribution in [2.75, 3.05) is 33.3 Å². The molecule has 1 heterocycles. The second kappa shape index (κ2) is 9.87. The molecule has 3 rings (SSSR count). The van der Waals surface area contributed by atoms with E-state index in [0.29, 0.717) is 30.0 Å². The first kappa shape index (κ1) is 23.3. The van der Waals surface area contributed by atoms with Crippen molar-refractivity contribution < 1.29 is 24.5 Å². The zero-order valence-corrected chi connectivity index (χ0v) is 19.0. The molecule has 7 heteroatoms. The van der Waals surface area contributed by atoms with Crippen LogP contribution in [0.4, 0.5) is 0 Å². The van der Waals surface area contributed by atoms with Gasteiger partial charge >= 0.3 is 0 Å². The minimum Gasteiger partial charge on any atom is -0.508 e. The van der Waals surface area contributed by atoms with Crippen molar-refractivity contribution >= 4 is 17.4 Å². The van der Waals surface area contributed by atoms with Crippen molar-refractivity contribution in [1.29, 1.82) is 0 Å². The van der Waals surface area contributed by atoms with Gasteiger partial charge in [-0.2, -0.15) is 0 Å². The van der Waals surface area contributed by atoms with Gasteiger partial charge in [0.2, 0.25) is 0 Å². The summed E-state index contributed by atoms with van der Waals surface area (Å²) in [5.74, 6) is -1.29. The van der Waals surface area contributed by atoms with E-state index in [1.807, 2.05) is 26.8 Å². The van der Waals surface area contributed by atoms with Crippen LogP contribution in [0, 0.1) is 6.92 Å². The van der Waals surface area contributed by atoms with Crippen LogP contribution >= 0.6 is 0 Å². The molecule has 2 aromatic rings. The Morgan fingerprint density at radius 2 is 1.84 bits per heavy atom. The van der Waals surface area contributed by atoms with Crippen LogP contribution in [-0.2, 0) is 9.59 Å². The number of carbonyl (C=O) groups is 2. The standard InChI is InChI=1S/C25H30N2O5/c1-5-26(6-2)12-13-27-22(17-8-7-9-18(28)15-17)21(24(30)25(27)31)23(29)19-14-16(3)10-11-20(19)32-4/h7-11,14-15,22,28-29H,5-6,12-13H2,1-4H3/b23-21+. The van der Waals surface area contributed by atoms with E-state index in [9.17, 15) is 19.8 Å². The SMILES string of the molecule is CCN(CC)CCN1C(=O)C(=O)/C(=C(/O)c2cc(C)ccc2OC)C1c1cccc(O)c1. The van der Waals surface area contributed by atoms with Gasteiger partial charge < -0.3 is 24.7 Å². The number of amides is 1. The number of hydrogen-bond acceptors (Lipinski definition) is 6. The lowest BCUT2D eigenvalue weighted by molar-refractivity contribution is -0.140. The van der Waals surface area contributed by atoms with Gasteiger partial charge in [0.05, 0.1) is 24.3 Å². The molecule has 0 saturated carbocycles. The molecule has 1 aliphatic rings. The molecule has 0 aromatic heterocycles. The number of likely N-dealkylation sites (N-methyl/N-ethyl adjacent to an activating group) is 1. The molecule has 2 aromatic carbocycles. The first-order valence-electron chi connectivity index (χ1n) is 10.8. The fourth-order valence-corrected chi connectivity index (χ4v) is 4.09. The normalized spacial score (nSPS) is 17.9. The predicted octanol–water partition coefficient (Wildman–Crippen LogP) is 3.47. The average Bonchev–Trinajstić information content (AvgIpc) is 3.04. The molecule has 0 aliphatic carbocycles. The van der Waals surface area contributed by atoms with Gasteiger partial charge in [0.1, 0.15) is 17.3 Å². The number of nitrogens with zero attached hydrogens (tertiary/aromatic N) is 2. The third-order valence-corrected chi connectivity index (χ3v) is 5.89. The van der Waals surface area contributed by atoms with Gasteiger partial charge in [-0.1, -0.05) is 37.6 Å². The van der Waals surface area contributed by atoms with Gasteiger partial charge in [-0.3, -0.25) is 9.59 Å². The predicted molar refractivity (Wildman–Crippen MR) is 123 cm³/mol. The van der Waals surface area contributed by atoms with Gasteiger partial charge in [-0.15, -0.1) is 0 Å². The number of carbonyl (C=O) groups excluding carboxylic acids is 2. The van der Waals surface area contributed by atoms with Gasteiger partial charge in [0, 0.05) is 13.1 Å². The van der Waals surface area contributed by atoms with Crippen LogP contribution in [0.15, 0.2) is 48.0 Å². The van der Waals surface area contributed by atoms with Crippen molar-refractivity contribution in [3.63, 3.8) is 0 Å². The maximum Gasteiger partial charge on any atom is 0.295 e. The van der Waals surface area contributed by atoms with Gasteiger partial charge in [-0.25, -0.2) is 0 Å². The van der Waals surface area contributed by atoms with E-state index in [4.69, 9.17) is 4.74 Å². The number of aliphatic hydroxyl groups is 1. The number of ketones is 1. The summed E-state index contributed by atoms with van der Waals surface area (Å²) < 4.78 is 5.39. The van der Waals surface area contributed by atoms with Gasteiger partial charge in [0.15, 0.2) is 0 Å². The fraction of sp³-hybridized carbons (Fsp3) is 0.360. The van der Waals surface area contributed by atoms with Crippen LogP contribution in [0.2, 0.25) is 0 Å². The Morgan fingerprint density at radius 3 is 2.47 bits per heavy atom. The van der Waals surface area contributed by atoms with E-state index >= 15 is 0 Å². The molecule has 1 saturated heterocycles. The van der Waals surface area contributed by atoms with Crippen LogP contribution in [0.25, 0.3) is 5.76 Å². The molecular weight excluding hydrogens is 408 g/mol. The Morgan fingerprint density at radius 1 is 1.12 bits per heavy atom. The molecule has 0 spiro atoms. The molecule has 0 radical (unpaired) electrons. The molecule has 2 N–H and O–H groups in total. The summed E-state index contributed by atoms with van der Waals surface area (Å²) in [7, 11) is 1.48. The number of methoxy groups -OCH3 is 1. The molecule has 1 amide bonds. The number of rotatable bonds is 8. The molecule has 1 aliphatic heterocycles. The van der Waals surface area contributed by atoms with E-state index in [-0.39, 0.29) is 17.1 Å². The minimum atomic E-state index is -0.817. The van der Waals surface area contributed by atoms with Gasteiger partial charge in [-0.05, 0) is 49.8 Å². The molecular formula is C25H30N2O5. The number of likely N-dealkylation sites (tertiary alicyclic amines) is 1. The maximum absolute atomic E-state index is 13.1. The first-order valence-corrected chi connectivity index (χ1v) is 10.8. The maximum atomic E-state index is 13.1. The molecule has 1 atom stereocenters. The monoisotopic (exact) mass is 438 g/mol. The van der Waals surface area contributed by atoms with Crippen LogP contribution < -0.4 is 4.74 Å². The van der Waals surface area contributed by atoms with E-state index in [2.05, 4.69) is 4.90 Å². The number of aromatic hydroxyl groups is 1. The largest absolute Gasteiger partial charge is 0.508 e. The summed E-state index contributed by atoms with van der Waals surface area (Å²) in [6.07, 6.45) is 0. The second-order valence-corrected chi connectivity index (χ2v) is 7.82. The molecule has 1 unspecified atom stereocenters. The number of aliphatic hydroxyl groups excluding tert-OH is 1. The van der Waals surface area contributed by atoms with Gasteiger partial charge in [0.25, 0.3) is 11.7 Å². The van der Waals surface area contributed by atoms with Crippen molar-refractivity contribution in [3.8, 4) is 11.5 Å². The van der Waals surface area contributed by atoms with Crippen molar-refractivity contribution in [2.24, 2.45) is 0 Å². The minimum absolute atomic E-state index is 0.0101. The third-order valence-electron chi connectivity index (χ3n) is 5.89. The van der Waals surface area contributed by atoms with Crippen LogP contribution in [0.5, 0.6) is 11.5 Å². The summed E-state index contributed by atoms with van der Waals surface area (Å²) in [5, 5.41) is 21.3. The summed E-state index contributed by atoms with van der Waals surface area (Å²) in [5.41, 5.74) is 1.76. The lowest BCUT2D eigenvalue weighted by Gasteiger charge is -2.28. The number of phenols is 1. The Labute approximate surface area is 188 Å². The van der Waals surface area contributed by atoms with E-state index < -0.39 is 17.7 Å². The Balaban J connectivity index is 2.17. The van der Waals surface area contributed by atoms with Crippen LogP contribution in [0.1, 0.15) is 36.6 Å². The lowest BCUT2D eigenvalue weighted by Crippen LogP contribution is -2.38. The van der Waals surface area contributed by atoms with E-state index in [0.717, 1.165) is 18.7 Å². The summed E-state index contributed by atoms with van der Waals surface area (Å²) >= 11 is 0. The van der Waals surface area contributed by atoms with Crippen LogP contribution in [0.3, 0.4) is 0 Å². The highest BCUT2D eigenvalue weighted by Crippen LogP contribution is 2.41. The number of aryl methyl sites for hydroxylation is 1. The smallest absolute Gasteiger partial charge is 0.295 e. The average molecular weight is 439 g/mol. The Hall–Kier alpha value is -3.32. The van der Waals surface area contributed by atoms with Crippen LogP contribution in [-0.4, -0.2) is 65.0 Å². The zero-order chi connectivity index (χ0) is 23.4. The number of hydrogen-bond donors (Lipinski definition) is 2. The second-order valence-electron chi connectivity index (χ2n) is 7.82. The van der Waals surface area contributed by atoms with Crippen molar-refractivity contribution in [2.45, 2.75) is 26.8 Å². The van der Waals surface area contributed by atoms with E-state index in [1.54, 1.807) is 24.3 Å². The fourth-order valence-electron chi connectivity index (χ4n) is 4.09. The van der Waals surface area contributed by atoms with E-state index in [1.165, 1.54) is 24.1 Å². The molecule has 7 nitrogen and oxygen atoms in total. The lowest BCUT2D eigenvalue weighted by atomic mass is 9.94. The molecule has 170 valence electrons. The Kier molecular flexibility index (Phi) is 7.20. The number of Topliss-reactive ketones (excluding diaryl/α,β-unsaturated/α-hetero) is 1. The summed E-state index contributed by atoms with van der Waals surface area (Å²) in [6, 6.07) is 10.9. The molecule has 32 heavy (non-hydrogen) atoms. The molecule has 0 bridgehead atoms. The number of phenolic OH excluding ortho intramolecular Hbond substituents is 1.